The molecule has 2 rings (SSSR count). The SMILES string of the molecule is CC1(C)OB(c2ccccc2C=NNC(N)=S)OC1(C)C. The van der Waals surface area contributed by atoms with Crippen LogP contribution in [0, 0.1) is 0 Å². The molecule has 1 aromatic rings. The fourth-order valence-corrected chi connectivity index (χ4v) is 2.03. The molecule has 0 radical (unpaired) electrons. The summed E-state index contributed by atoms with van der Waals surface area (Å²) in [6.45, 7) is 8.10. The second-order valence-corrected chi connectivity index (χ2v) is 6.39. The number of hydrogen-bond donors (Lipinski definition) is 2. The van der Waals surface area contributed by atoms with E-state index in [-0.39, 0.29) is 16.3 Å². The van der Waals surface area contributed by atoms with Gasteiger partial charge in [0.05, 0.1) is 17.4 Å². The van der Waals surface area contributed by atoms with Crippen molar-refractivity contribution in [2.24, 2.45) is 10.8 Å². The van der Waals surface area contributed by atoms with Gasteiger partial charge in [0.2, 0.25) is 0 Å². The van der Waals surface area contributed by atoms with E-state index in [2.05, 4.69) is 10.5 Å². The average Bonchev–Trinajstić information content (AvgIpc) is 2.58. The van der Waals surface area contributed by atoms with Crippen LogP contribution >= 0.6 is 12.2 Å². The summed E-state index contributed by atoms with van der Waals surface area (Å²) < 4.78 is 12.1. The number of hydrazone groups is 1. The second-order valence-electron chi connectivity index (χ2n) is 5.95. The number of thiocarbonyl (C=S) groups is 1. The van der Waals surface area contributed by atoms with E-state index in [0.717, 1.165) is 11.0 Å². The highest BCUT2D eigenvalue weighted by atomic mass is 32.1. The van der Waals surface area contributed by atoms with E-state index in [0.29, 0.717) is 0 Å². The van der Waals surface area contributed by atoms with E-state index in [1.54, 1.807) is 6.21 Å². The van der Waals surface area contributed by atoms with E-state index in [4.69, 9.17) is 27.3 Å². The molecule has 7 heteroatoms. The number of hydrogen-bond acceptors (Lipinski definition) is 4. The van der Waals surface area contributed by atoms with Gasteiger partial charge in [0.1, 0.15) is 0 Å². The first-order chi connectivity index (χ1) is 9.73. The molecule has 1 aliphatic rings. The Hall–Kier alpha value is -1.44. The van der Waals surface area contributed by atoms with Crippen molar-refractivity contribution in [3.63, 3.8) is 0 Å². The van der Waals surface area contributed by atoms with Gasteiger partial charge in [-0.2, -0.15) is 5.10 Å². The molecule has 5 nitrogen and oxygen atoms in total. The summed E-state index contributed by atoms with van der Waals surface area (Å²) in [5.41, 5.74) is 8.94. The highest BCUT2D eigenvalue weighted by molar-refractivity contribution is 7.80. The Morgan fingerprint density at radius 3 is 2.38 bits per heavy atom. The average molecular weight is 305 g/mol. The molecule has 1 aromatic carbocycles. The van der Waals surface area contributed by atoms with Crippen molar-refractivity contribution in [1.29, 1.82) is 0 Å². The van der Waals surface area contributed by atoms with Gasteiger partial charge in [-0.3, -0.25) is 5.43 Å². The monoisotopic (exact) mass is 305 g/mol. The van der Waals surface area contributed by atoms with Gasteiger partial charge in [-0.05, 0) is 50.9 Å². The Morgan fingerprint density at radius 1 is 1.24 bits per heavy atom. The van der Waals surface area contributed by atoms with Gasteiger partial charge in [-0.15, -0.1) is 0 Å². The lowest BCUT2D eigenvalue weighted by Gasteiger charge is -2.32. The zero-order valence-corrected chi connectivity index (χ0v) is 13.5. The predicted molar refractivity (Wildman–Crippen MR) is 89.7 cm³/mol. The number of rotatable bonds is 3. The van der Waals surface area contributed by atoms with Gasteiger partial charge in [0.25, 0.3) is 0 Å². The largest absolute Gasteiger partial charge is 0.495 e. The van der Waals surface area contributed by atoms with Crippen LogP contribution in [0.4, 0.5) is 0 Å². The van der Waals surface area contributed by atoms with Crippen LogP contribution in [-0.2, 0) is 9.31 Å². The third-order valence-electron chi connectivity index (χ3n) is 3.88. The van der Waals surface area contributed by atoms with Crippen molar-refractivity contribution in [2.75, 3.05) is 0 Å². The third kappa shape index (κ3) is 3.43. The molecule has 0 bridgehead atoms. The van der Waals surface area contributed by atoms with E-state index >= 15 is 0 Å². The van der Waals surface area contributed by atoms with Gasteiger partial charge >= 0.3 is 7.12 Å². The van der Waals surface area contributed by atoms with E-state index in [1.165, 1.54) is 0 Å². The van der Waals surface area contributed by atoms with Crippen LogP contribution in [0.5, 0.6) is 0 Å². The van der Waals surface area contributed by atoms with Crippen LogP contribution in [0.25, 0.3) is 0 Å². The van der Waals surface area contributed by atoms with Crippen molar-refractivity contribution in [3.05, 3.63) is 29.8 Å². The van der Waals surface area contributed by atoms with E-state index < -0.39 is 7.12 Å². The minimum atomic E-state index is -0.428. The summed E-state index contributed by atoms with van der Waals surface area (Å²) in [4.78, 5) is 0. The Labute approximate surface area is 131 Å². The quantitative estimate of drug-likeness (QED) is 0.379. The first kappa shape index (κ1) is 15.9. The molecule has 0 atom stereocenters. The topological polar surface area (TPSA) is 68.9 Å². The molecule has 0 spiro atoms. The zero-order valence-electron chi connectivity index (χ0n) is 12.7. The van der Waals surface area contributed by atoms with Crippen LogP contribution in [-0.4, -0.2) is 29.6 Å². The van der Waals surface area contributed by atoms with Crippen LogP contribution in [0.1, 0.15) is 33.3 Å². The lowest BCUT2D eigenvalue weighted by molar-refractivity contribution is 0.00578. The molecule has 0 aromatic heterocycles. The lowest BCUT2D eigenvalue weighted by atomic mass is 9.76. The van der Waals surface area contributed by atoms with Crippen LogP contribution in [0.15, 0.2) is 29.4 Å². The van der Waals surface area contributed by atoms with E-state index in [9.17, 15) is 0 Å². The Balaban J connectivity index is 2.26. The maximum absolute atomic E-state index is 6.06. The van der Waals surface area contributed by atoms with Gasteiger partial charge < -0.3 is 15.0 Å². The molecule has 0 unspecified atom stereocenters. The number of nitrogens with zero attached hydrogens (tertiary/aromatic N) is 1. The molecule has 0 amide bonds. The fraction of sp³-hybridized carbons (Fsp3) is 0.429. The standard InChI is InChI=1S/C14H20BN3O2S/c1-13(2)14(3,4)20-15(19-13)11-8-6-5-7-10(11)9-17-18-12(16)21/h5-9H,1-4H3,(H3,16,18,21). The molecule has 1 aliphatic heterocycles. The summed E-state index contributed by atoms with van der Waals surface area (Å²) in [6, 6.07) is 7.77. The number of benzene rings is 1. The van der Waals surface area contributed by atoms with Gasteiger partial charge in [-0.25, -0.2) is 0 Å². The Kier molecular flexibility index (Phi) is 4.36. The van der Waals surface area contributed by atoms with Gasteiger partial charge in [-0.1, -0.05) is 24.3 Å². The van der Waals surface area contributed by atoms with Crippen LogP contribution in [0.2, 0.25) is 0 Å². The van der Waals surface area contributed by atoms with E-state index in [1.807, 2.05) is 52.0 Å². The van der Waals surface area contributed by atoms with Crippen molar-refractivity contribution >= 4 is 36.1 Å². The van der Waals surface area contributed by atoms with Gasteiger partial charge in [0, 0.05) is 0 Å². The highest BCUT2D eigenvalue weighted by Crippen LogP contribution is 2.36. The first-order valence-corrected chi connectivity index (χ1v) is 7.17. The van der Waals surface area contributed by atoms with Gasteiger partial charge in [0.15, 0.2) is 5.11 Å². The summed E-state index contributed by atoms with van der Waals surface area (Å²) in [5.74, 6) is 0. The summed E-state index contributed by atoms with van der Waals surface area (Å²) in [6.07, 6.45) is 1.65. The minimum Gasteiger partial charge on any atom is -0.399 e. The minimum absolute atomic E-state index is 0.124. The predicted octanol–water partition coefficient (Wildman–Crippen LogP) is 1.15. The van der Waals surface area contributed by atoms with Crippen molar-refractivity contribution in [2.45, 2.75) is 38.9 Å². The van der Waals surface area contributed by atoms with Crippen LogP contribution in [0.3, 0.4) is 0 Å². The molecule has 0 saturated carbocycles. The smallest absolute Gasteiger partial charge is 0.399 e. The third-order valence-corrected chi connectivity index (χ3v) is 3.97. The maximum atomic E-state index is 6.06. The fourth-order valence-electron chi connectivity index (χ4n) is 1.98. The number of nitrogens with two attached hydrogens (primary N) is 1. The van der Waals surface area contributed by atoms with Crippen molar-refractivity contribution in [1.82, 2.24) is 5.43 Å². The molecule has 112 valence electrons. The summed E-state index contributed by atoms with van der Waals surface area (Å²) >= 11 is 4.71. The second kappa shape index (κ2) is 5.75. The highest BCUT2D eigenvalue weighted by Gasteiger charge is 2.52. The molecule has 1 heterocycles. The molecule has 21 heavy (non-hydrogen) atoms. The van der Waals surface area contributed by atoms with Crippen molar-refractivity contribution in [3.8, 4) is 0 Å². The normalized spacial score (nSPS) is 19.9. The molecule has 1 saturated heterocycles. The first-order valence-electron chi connectivity index (χ1n) is 6.76. The molecule has 1 fully saturated rings. The lowest BCUT2D eigenvalue weighted by Crippen LogP contribution is -2.41. The summed E-state index contributed by atoms with van der Waals surface area (Å²) in [7, 11) is -0.428. The summed E-state index contributed by atoms with van der Waals surface area (Å²) in [5, 5.41) is 4.12. The molecular weight excluding hydrogens is 285 g/mol. The maximum Gasteiger partial charge on any atom is 0.495 e. The molecule has 0 aliphatic carbocycles. The van der Waals surface area contributed by atoms with Crippen molar-refractivity contribution < 1.29 is 9.31 Å². The molecule has 3 N–H and O–H groups in total. The molecular formula is C14H20BN3O2S. The van der Waals surface area contributed by atoms with Crippen LogP contribution < -0.4 is 16.6 Å². The zero-order chi connectivity index (χ0) is 15.7. The Bertz CT molecular complexity index is 559. The Morgan fingerprint density at radius 2 is 1.81 bits per heavy atom. The number of nitrogens with one attached hydrogen (secondary N) is 1.